The topological polar surface area (TPSA) is 41.9 Å². The highest BCUT2D eigenvalue weighted by molar-refractivity contribution is 5.44. The lowest BCUT2D eigenvalue weighted by molar-refractivity contribution is 0.0488. The fourth-order valence-electron chi connectivity index (χ4n) is 8.02. The largest absolute Gasteiger partial charge is 0.508 e. The maximum Gasteiger partial charge on any atom is 0.161 e. The van der Waals surface area contributed by atoms with Crippen molar-refractivity contribution in [3.63, 3.8) is 0 Å². The number of phenols is 1. The molecule has 0 aromatic heterocycles. The van der Waals surface area contributed by atoms with Crippen molar-refractivity contribution in [1.29, 1.82) is 0 Å². The van der Waals surface area contributed by atoms with E-state index in [1.807, 2.05) is 12.1 Å². The smallest absolute Gasteiger partial charge is 0.161 e. The Hall–Kier alpha value is -2.46. The van der Waals surface area contributed by atoms with E-state index in [-0.39, 0.29) is 5.41 Å². The average molecular weight is 504 g/mol. The molecule has 0 amide bonds. The lowest BCUT2D eigenvalue weighted by atomic mass is 9.52. The molecular formula is C33H45NO3. The van der Waals surface area contributed by atoms with Crippen LogP contribution in [0, 0.1) is 23.2 Å². The number of phenolic OH excluding ortho intramolecular Hbond substituents is 1. The second-order valence-corrected chi connectivity index (χ2v) is 11.8. The Morgan fingerprint density at radius 1 is 1.08 bits per heavy atom. The zero-order valence-electron chi connectivity index (χ0n) is 23.4. The normalized spacial score (nSPS) is 29.6. The average Bonchev–Trinajstić information content (AvgIpc) is 3.23. The summed E-state index contributed by atoms with van der Waals surface area (Å²) in [5.41, 5.74) is 5.99. The van der Waals surface area contributed by atoms with Crippen molar-refractivity contribution >= 4 is 0 Å². The molecule has 2 aromatic rings. The van der Waals surface area contributed by atoms with Gasteiger partial charge in [-0.1, -0.05) is 45.4 Å². The van der Waals surface area contributed by atoms with Crippen LogP contribution in [0.25, 0.3) is 0 Å². The Labute approximate surface area is 223 Å². The summed E-state index contributed by atoms with van der Waals surface area (Å²) in [5.74, 6) is 4.79. The lowest BCUT2D eigenvalue weighted by Crippen LogP contribution is -2.43. The molecule has 2 aromatic carbocycles. The van der Waals surface area contributed by atoms with Gasteiger partial charge in [0.15, 0.2) is 11.5 Å². The van der Waals surface area contributed by atoms with Crippen LogP contribution in [-0.4, -0.2) is 36.8 Å². The number of nitrogens with zero attached hydrogens (tertiary/aromatic N) is 1. The molecule has 2 saturated carbocycles. The van der Waals surface area contributed by atoms with E-state index >= 15 is 0 Å². The molecule has 3 aliphatic carbocycles. The summed E-state index contributed by atoms with van der Waals surface area (Å²) in [7, 11) is 1.73. The molecule has 1 N–H and O–H groups in total. The van der Waals surface area contributed by atoms with E-state index in [2.05, 4.69) is 62.9 Å². The summed E-state index contributed by atoms with van der Waals surface area (Å²) in [6, 6.07) is 12.5. The number of ether oxygens (including phenoxy) is 2. The Morgan fingerprint density at radius 3 is 2.65 bits per heavy atom. The first-order valence-corrected chi connectivity index (χ1v) is 14.4. The zero-order chi connectivity index (χ0) is 26.2. The van der Waals surface area contributed by atoms with E-state index in [0.29, 0.717) is 24.2 Å². The number of fused-ring (bicyclic) bond motifs is 5. The van der Waals surface area contributed by atoms with Crippen molar-refractivity contribution in [2.75, 3.05) is 26.8 Å². The summed E-state index contributed by atoms with van der Waals surface area (Å²) >= 11 is 0. The first-order valence-electron chi connectivity index (χ1n) is 14.4. The van der Waals surface area contributed by atoms with E-state index in [9.17, 15) is 5.11 Å². The third-order valence-electron chi connectivity index (χ3n) is 10.0. The van der Waals surface area contributed by atoms with Crippen molar-refractivity contribution in [1.82, 2.24) is 4.90 Å². The van der Waals surface area contributed by atoms with Gasteiger partial charge >= 0.3 is 0 Å². The van der Waals surface area contributed by atoms with E-state index in [1.54, 1.807) is 12.7 Å². The molecule has 0 spiro atoms. The molecule has 5 atom stereocenters. The molecule has 0 heterocycles. The summed E-state index contributed by atoms with van der Waals surface area (Å²) < 4.78 is 12.0. The van der Waals surface area contributed by atoms with Gasteiger partial charge in [0, 0.05) is 6.54 Å². The van der Waals surface area contributed by atoms with Crippen molar-refractivity contribution in [2.24, 2.45) is 23.2 Å². The number of allylic oxidation sites excluding steroid dienone is 1. The minimum atomic E-state index is 0.269. The standard InChI is InChI=1S/C33H45NO3/c1-6-34(7-2)21-23-8-13-30(31(19-23)36-5)37-17-15-25-9-12-29-32-22(3)18-24-20-26(35)10-11-27(24)28(32)14-16-33(25,29)4/h8,10-11,13,15,19-20,22,28-29,32,35H,6-7,9,12,14,16-18,21H2,1-5H3/b25-15+/t22-,28?,29?,32?,33?/m1/s1. The molecule has 200 valence electrons. The van der Waals surface area contributed by atoms with Gasteiger partial charge in [-0.25, -0.2) is 0 Å². The van der Waals surface area contributed by atoms with Gasteiger partial charge in [0.2, 0.25) is 0 Å². The summed E-state index contributed by atoms with van der Waals surface area (Å²) in [6.45, 7) is 13.0. The Balaban J connectivity index is 1.29. The molecule has 4 unspecified atom stereocenters. The van der Waals surface area contributed by atoms with Crippen LogP contribution in [0.3, 0.4) is 0 Å². The van der Waals surface area contributed by atoms with Gasteiger partial charge in [0.05, 0.1) is 7.11 Å². The maximum atomic E-state index is 10.0. The minimum Gasteiger partial charge on any atom is -0.508 e. The fourth-order valence-corrected chi connectivity index (χ4v) is 8.02. The van der Waals surface area contributed by atoms with Crippen molar-refractivity contribution in [3.05, 3.63) is 64.7 Å². The highest BCUT2D eigenvalue weighted by Crippen LogP contribution is 2.63. The lowest BCUT2D eigenvalue weighted by Gasteiger charge is -2.52. The van der Waals surface area contributed by atoms with Crippen LogP contribution in [0.2, 0.25) is 0 Å². The summed E-state index contributed by atoms with van der Waals surface area (Å²) in [4.78, 5) is 2.40. The van der Waals surface area contributed by atoms with Gasteiger partial charge in [-0.2, -0.15) is 0 Å². The fraction of sp³-hybridized carbons (Fsp3) is 0.576. The molecule has 5 rings (SSSR count). The molecule has 0 saturated heterocycles. The molecule has 0 radical (unpaired) electrons. The molecule has 4 heteroatoms. The Kier molecular flexibility index (Phi) is 7.58. The van der Waals surface area contributed by atoms with Crippen LogP contribution in [-0.2, 0) is 13.0 Å². The van der Waals surface area contributed by atoms with Crippen LogP contribution in [0.5, 0.6) is 17.2 Å². The maximum absolute atomic E-state index is 10.0. The monoisotopic (exact) mass is 503 g/mol. The van der Waals surface area contributed by atoms with Crippen LogP contribution < -0.4 is 9.47 Å². The van der Waals surface area contributed by atoms with E-state index in [4.69, 9.17) is 9.47 Å². The van der Waals surface area contributed by atoms with Crippen molar-refractivity contribution in [3.8, 4) is 17.2 Å². The number of rotatable bonds is 8. The first-order chi connectivity index (χ1) is 17.9. The number of hydrogen-bond donors (Lipinski definition) is 1. The Morgan fingerprint density at radius 2 is 1.89 bits per heavy atom. The van der Waals surface area contributed by atoms with Crippen LogP contribution >= 0.6 is 0 Å². The molecule has 0 bridgehead atoms. The van der Waals surface area contributed by atoms with Crippen molar-refractivity contribution < 1.29 is 14.6 Å². The first kappa shape index (κ1) is 26.2. The van der Waals surface area contributed by atoms with E-state index in [0.717, 1.165) is 49.4 Å². The van der Waals surface area contributed by atoms with Gasteiger partial charge in [-0.05, 0) is 121 Å². The predicted molar refractivity (Wildman–Crippen MR) is 150 cm³/mol. The van der Waals surface area contributed by atoms with Crippen LogP contribution in [0.1, 0.15) is 76.0 Å². The minimum absolute atomic E-state index is 0.269. The molecule has 2 fully saturated rings. The quantitative estimate of drug-likeness (QED) is 0.382. The summed E-state index contributed by atoms with van der Waals surface area (Å²) in [6.07, 6.45) is 8.40. The number of aromatic hydroxyl groups is 1. The van der Waals surface area contributed by atoms with E-state index in [1.165, 1.54) is 42.4 Å². The van der Waals surface area contributed by atoms with Crippen LogP contribution in [0.15, 0.2) is 48.0 Å². The third kappa shape index (κ3) is 4.90. The third-order valence-corrected chi connectivity index (χ3v) is 10.0. The highest BCUT2D eigenvalue weighted by atomic mass is 16.5. The second-order valence-electron chi connectivity index (χ2n) is 11.8. The molecule has 37 heavy (non-hydrogen) atoms. The van der Waals surface area contributed by atoms with E-state index < -0.39 is 0 Å². The zero-order valence-corrected chi connectivity index (χ0v) is 23.4. The molecule has 0 aliphatic heterocycles. The second kappa shape index (κ2) is 10.7. The van der Waals surface area contributed by atoms with Gasteiger partial charge in [0.25, 0.3) is 0 Å². The Bertz CT molecular complexity index is 1140. The molecule has 4 nitrogen and oxygen atoms in total. The highest BCUT2D eigenvalue weighted by Gasteiger charge is 2.54. The predicted octanol–water partition coefficient (Wildman–Crippen LogP) is 7.35. The number of benzene rings is 2. The summed E-state index contributed by atoms with van der Waals surface area (Å²) in [5, 5.41) is 10.0. The molecular weight excluding hydrogens is 458 g/mol. The number of hydrogen-bond acceptors (Lipinski definition) is 4. The van der Waals surface area contributed by atoms with Gasteiger partial charge < -0.3 is 14.6 Å². The SMILES string of the molecule is CCN(CC)Cc1ccc(OC/C=C2\CCC3C4C(CCC23C)c2ccc(O)cc2C[C@H]4C)c(OC)c1. The number of methoxy groups -OCH3 is 1. The van der Waals surface area contributed by atoms with Crippen molar-refractivity contribution in [2.45, 2.75) is 72.3 Å². The molecule has 3 aliphatic rings. The van der Waals surface area contributed by atoms with Gasteiger partial charge in [-0.15, -0.1) is 0 Å². The van der Waals surface area contributed by atoms with Gasteiger partial charge in [0.1, 0.15) is 12.4 Å². The van der Waals surface area contributed by atoms with Crippen LogP contribution in [0.4, 0.5) is 0 Å². The van der Waals surface area contributed by atoms with Gasteiger partial charge in [-0.3, -0.25) is 4.90 Å².